The van der Waals surface area contributed by atoms with E-state index in [1.165, 1.54) is 12.5 Å². The maximum Gasteiger partial charge on any atom is 0.194 e. The van der Waals surface area contributed by atoms with Gasteiger partial charge < -0.3 is 5.73 Å². The highest BCUT2D eigenvalue weighted by atomic mass is 19.2. The van der Waals surface area contributed by atoms with E-state index in [0.717, 1.165) is 18.9 Å². The standard InChI is InChI=1S/C12H14F3N/c13-9-5-4-8(11(14)12(9)15)10(16)6-7-2-1-3-7/h4-5,7,10H,1-3,6,16H2. The number of benzene rings is 1. The minimum atomic E-state index is -1.43. The third-order valence-electron chi connectivity index (χ3n) is 3.28. The van der Waals surface area contributed by atoms with Crippen molar-refractivity contribution >= 4 is 0 Å². The molecule has 88 valence electrons. The van der Waals surface area contributed by atoms with Crippen molar-refractivity contribution in [2.75, 3.05) is 0 Å². The molecule has 0 aromatic heterocycles. The van der Waals surface area contributed by atoms with Crippen LogP contribution in [0.1, 0.15) is 37.3 Å². The van der Waals surface area contributed by atoms with Crippen LogP contribution in [-0.2, 0) is 0 Å². The Kier molecular flexibility index (Phi) is 3.19. The van der Waals surface area contributed by atoms with Crippen molar-refractivity contribution in [3.8, 4) is 0 Å². The Morgan fingerprint density at radius 1 is 1.19 bits per heavy atom. The quantitative estimate of drug-likeness (QED) is 0.791. The summed E-state index contributed by atoms with van der Waals surface area (Å²) in [6, 6.07) is 1.62. The zero-order chi connectivity index (χ0) is 11.7. The van der Waals surface area contributed by atoms with Gasteiger partial charge in [-0.05, 0) is 18.4 Å². The van der Waals surface area contributed by atoms with Gasteiger partial charge in [-0.3, -0.25) is 0 Å². The molecule has 1 aliphatic rings. The Bertz CT molecular complexity index is 388. The van der Waals surface area contributed by atoms with Gasteiger partial charge in [0.05, 0.1) is 0 Å². The summed E-state index contributed by atoms with van der Waals surface area (Å²) in [7, 11) is 0. The van der Waals surface area contributed by atoms with E-state index in [9.17, 15) is 13.2 Å². The third-order valence-corrected chi connectivity index (χ3v) is 3.28. The molecule has 1 fully saturated rings. The van der Waals surface area contributed by atoms with Crippen LogP contribution < -0.4 is 5.73 Å². The third kappa shape index (κ3) is 2.07. The van der Waals surface area contributed by atoms with Gasteiger partial charge in [-0.2, -0.15) is 0 Å². The number of hydrogen-bond acceptors (Lipinski definition) is 1. The maximum atomic E-state index is 13.4. The second-order valence-electron chi connectivity index (χ2n) is 4.40. The Morgan fingerprint density at radius 3 is 2.44 bits per heavy atom. The Balaban J connectivity index is 2.15. The minimum Gasteiger partial charge on any atom is -0.324 e. The smallest absolute Gasteiger partial charge is 0.194 e. The fourth-order valence-corrected chi connectivity index (χ4v) is 2.04. The number of halogens is 3. The van der Waals surface area contributed by atoms with Gasteiger partial charge in [-0.1, -0.05) is 25.3 Å². The molecule has 1 aromatic carbocycles. The lowest BCUT2D eigenvalue weighted by Crippen LogP contribution is -2.21. The van der Waals surface area contributed by atoms with E-state index in [4.69, 9.17) is 5.73 Å². The predicted molar refractivity (Wildman–Crippen MR) is 55.2 cm³/mol. The van der Waals surface area contributed by atoms with Crippen molar-refractivity contribution in [1.82, 2.24) is 0 Å². The number of nitrogens with two attached hydrogens (primary N) is 1. The first-order valence-electron chi connectivity index (χ1n) is 5.48. The molecule has 2 N–H and O–H groups in total. The Hall–Kier alpha value is -1.03. The monoisotopic (exact) mass is 229 g/mol. The van der Waals surface area contributed by atoms with Gasteiger partial charge in [0, 0.05) is 11.6 Å². The summed E-state index contributed by atoms with van der Waals surface area (Å²) in [4.78, 5) is 0. The maximum absolute atomic E-state index is 13.4. The van der Waals surface area contributed by atoms with Crippen LogP contribution in [0.3, 0.4) is 0 Å². The van der Waals surface area contributed by atoms with Crippen LogP contribution >= 0.6 is 0 Å². The molecule has 1 unspecified atom stereocenters. The predicted octanol–water partition coefficient (Wildman–Crippen LogP) is 3.29. The van der Waals surface area contributed by atoms with E-state index in [1.54, 1.807) is 0 Å². The van der Waals surface area contributed by atoms with Crippen LogP contribution in [-0.4, -0.2) is 0 Å². The number of hydrogen-bond donors (Lipinski definition) is 1. The van der Waals surface area contributed by atoms with Crippen LogP contribution in [0.15, 0.2) is 12.1 Å². The van der Waals surface area contributed by atoms with Crippen molar-refractivity contribution in [2.45, 2.75) is 31.7 Å². The molecule has 0 bridgehead atoms. The molecular formula is C12H14F3N. The summed E-state index contributed by atoms with van der Waals surface area (Å²) >= 11 is 0. The second kappa shape index (κ2) is 4.45. The van der Waals surface area contributed by atoms with E-state index in [0.29, 0.717) is 12.3 Å². The van der Waals surface area contributed by atoms with Crippen molar-refractivity contribution in [3.05, 3.63) is 35.1 Å². The summed E-state index contributed by atoms with van der Waals surface area (Å²) < 4.78 is 39.1. The summed E-state index contributed by atoms with van der Waals surface area (Å²) in [5.74, 6) is -3.24. The highest BCUT2D eigenvalue weighted by molar-refractivity contribution is 5.23. The van der Waals surface area contributed by atoms with Crippen LogP contribution in [0, 0.1) is 23.4 Å². The van der Waals surface area contributed by atoms with Gasteiger partial charge in [-0.25, -0.2) is 13.2 Å². The van der Waals surface area contributed by atoms with E-state index < -0.39 is 23.5 Å². The number of rotatable bonds is 3. The molecule has 0 amide bonds. The average Bonchev–Trinajstić information content (AvgIpc) is 2.20. The van der Waals surface area contributed by atoms with Gasteiger partial charge in [0.1, 0.15) is 0 Å². The molecule has 2 rings (SSSR count). The topological polar surface area (TPSA) is 26.0 Å². The molecule has 0 heterocycles. The molecule has 4 heteroatoms. The Morgan fingerprint density at radius 2 is 1.88 bits per heavy atom. The molecule has 0 saturated heterocycles. The molecule has 0 radical (unpaired) electrons. The van der Waals surface area contributed by atoms with Gasteiger partial charge in [0.25, 0.3) is 0 Å². The lowest BCUT2D eigenvalue weighted by atomic mass is 9.80. The summed E-state index contributed by atoms with van der Waals surface area (Å²) in [6.45, 7) is 0. The largest absolute Gasteiger partial charge is 0.324 e. The first-order chi connectivity index (χ1) is 7.59. The van der Waals surface area contributed by atoms with Crippen molar-refractivity contribution < 1.29 is 13.2 Å². The SMILES string of the molecule is NC(CC1CCC1)c1ccc(F)c(F)c1F. The van der Waals surface area contributed by atoms with Crippen molar-refractivity contribution in [2.24, 2.45) is 11.7 Å². The van der Waals surface area contributed by atoms with E-state index >= 15 is 0 Å². The highest BCUT2D eigenvalue weighted by Crippen LogP contribution is 2.34. The first kappa shape index (κ1) is 11.5. The lowest BCUT2D eigenvalue weighted by Gasteiger charge is -2.28. The van der Waals surface area contributed by atoms with Crippen molar-refractivity contribution in [1.29, 1.82) is 0 Å². The van der Waals surface area contributed by atoms with Crippen LogP contribution in [0.2, 0.25) is 0 Å². The molecule has 1 atom stereocenters. The summed E-state index contributed by atoms with van der Waals surface area (Å²) in [6.07, 6.45) is 4.01. The molecule has 1 nitrogen and oxygen atoms in total. The minimum absolute atomic E-state index is 0.0748. The lowest BCUT2D eigenvalue weighted by molar-refractivity contribution is 0.274. The molecule has 0 spiro atoms. The van der Waals surface area contributed by atoms with Gasteiger partial charge in [0.15, 0.2) is 17.5 Å². The average molecular weight is 229 g/mol. The molecule has 1 aliphatic carbocycles. The summed E-state index contributed by atoms with van der Waals surface area (Å²) in [5.41, 5.74) is 5.87. The van der Waals surface area contributed by atoms with Crippen LogP contribution in [0.4, 0.5) is 13.2 Å². The van der Waals surface area contributed by atoms with E-state index in [2.05, 4.69) is 0 Å². The Labute approximate surface area is 92.5 Å². The van der Waals surface area contributed by atoms with Crippen LogP contribution in [0.25, 0.3) is 0 Å². The second-order valence-corrected chi connectivity index (χ2v) is 4.40. The molecular weight excluding hydrogens is 215 g/mol. The van der Waals surface area contributed by atoms with E-state index in [1.807, 2.05) is 0 Å². The van der Waals surface area contributed by atoms with Crippen LogP contribution in [0.5, 0.6) is 0 Å². The fraction of sp³-hybridized carbons (Fsp3) is 0.500. The molecule has 0 aliphatic heterocycles. The zero-order valence-electron chi connectivity index (χ0n) is 8.85. The first-order valence-corrected chi connectivity index (χ1v) is 5.48. The molecule has 1 saturated carbocycles. The van der Waals surface area contributed by atoms with Gasteiger partial charge in [0.2, 0.25) is 0 Å². The fourth-order valence-electron chi connectivity index (χ4n) is 2.04. The molecule has 16 heavy (non-hydrogen) atoms. The van der Waals surface area contributed by atoms with Gasteiger partial charge >= 0.3 is 0 Å². The highest BCUT2D eigenvalue weighted by Gasteiger charge is 2.24. The normalized spacial score (nSPS) is 18.2. The molecule has 1 aromatic rings. The summed E-state index contributed by atoms with van der Waals surface area (Å²) in [5, 5.41) is 0. The van der Waals surface area contributed by atoms with Crippen molar-refractivity contribution in [3.63, 3.8) is 0 Å². The zero-order valence-corrected chi connectivity index (χ0v) is 8.85. The van der Waals surface area contributed by atoms with Gasteiger partial charge in [-0.15, -0.1) is 0 Å². The van der Waals surface area contributed by atoms with E-state index in [-0.39, 0.29) is 5.56 Å².